The van der Waals surface area contributed by atoms with Crippen LogP contribution in [0.15, 0.2) is 48.5 Å². The summed E-state index contributed by atoms with van der Waals surface area (Å²) in [6.45, 7) is 0.240. The molecule has 1 N–H and O–H groups in total. The number of nitrogens with zero attached hydrogens (tertiary/aromatic N) is 1. The second-order valence-corrected chi connectivity index (χ2v) is 4.55. The molecule has 2 rings (SSSR count). The fourth-order valence-electron chi connectivity index (χ4n) is 2.05. The zero-order valence-corrected chi connectivity index (χ0v) is 11.6. The molecule has 0 saturated carbocycles. The molecule has 0 aromatic heterocycles. The van der Waals surface area contributed by atoms with Crippen molar-refractivity contribution in [2.75, 3.05) is 19.4 Å². The molecule has 0 radical (unpaired) electrons. The maximum absolute atomic E-state index is 13.6. The van der Waals surface area contributed by atoms with Gasteiger partial charge in [0.05, 0.1) is 5.56 Å². The van der Waals surface area contributed by atoms with E-state index in [1.165, 1.54) is 11.0 Å². The lowest BCUT2D eigenvalue weighted by molar-refractivity contribution is 0.0785. The largest absolute Gasteiger partial charge is 0.387 e. The second-order valence-electron chi connectivity index (χ2n) is 4.55. The SMILES string of the molecule is CNc1ccccc1C(=O)N(C)Cc1ccccc1F. The molecule has 0 aliphatic carbocycles. The van der Waals surface area contributed by atoms with Crippen LogP contribution in [-0.4, -0.2) is 24.9 Å². The number of carbonyl (C=O) groups excluding carboxylic acids is 1. The van der Waals surface area contributed by atoms with Gasteiger partial charge in [-0.05, 0) is 18.2 Å². The molecule has 1 amide bonds. The van der Waals surface area contributed by atoms with Crippen LogP contribution in [0.1, 0.15) is 15.9 Å². The van der Waals surface area contributed by atoms with Crippen LogP contribution in [0.4, 0.5) is 10.1 Å². The van der Waals surface area contributed by atoms with Gasteiger partial charge >= 0.3 is 0 Å². The number of hydrogen-bond acceptors (Lipinski definition) is 2. The van der Waals surface area contributed by atoms with Gasteiger partial charge in [-0.25, -0.2) is 4.39 Å². The molecule has 0 aliphatic rings. The minimum atomic E-state index is -0.297. The zero-order chi connectivity index (χ0) is 14.5. The normalized spacial score (nSPS) is 10.2. The van der Waals surface area contributed by atoms with E-state index < -0.39 is 0 Å². The third-order valence-electron chi connectivity index (χ3n) is 3.14. The number of anilines is 1. The monoisotopic (exact) mass is 272 g/mol. The van der Waals surface area contributed by atoms with Crippen LogP contribution < -0.4 is 5.32 Å². The minimum Gasteiger partial charge on any atom is -0.387 e. The van der Waals surface area contributed by atoms with Crippen LogP contribution in [0, 0.1) is 5.82 Å². The molecule has 0 fully saturated rings. The minimum absolute atomic E-state index is 0.141. The van der Waals surface area contributed by atoms with Gasteiger partial charge in [0.2, 0.25) is 0 Å². The van der Waals surface area contributed by atoms with E-state index in [-0.39, 0.29) is 18.3 Å². The van der Waals surface area contributed by atoms with E-state index >= 15 is 0 Å². The first kappa shape index (κ1) is 14.1. The molecule has 0 unspecified atom stereocenters. The summed E-state index contributed by atoms with van der Waals surface area (Å²) in [5, 5.41) is 2.99. The molecule has 3 nitrogen and oxygen atoms in total. The summed E-state index contributed by atoms with van der Waals surface area (Å²) in [7, 11) is 3.43. The highest BCUT2D eigenvalue weighted by Crippen LogP contribution is 2.17. The van der Waals surface area contributed by atoms with E-state index in [2.05, 4.69) is 5.32 Å². The summed E-state index contributed by atoms with van der Waals surface area (Å²) < 4.78 is 13.6. The average Bonchev–Trinajstić information content (AvgIpc) is 2.48. The van der Waals surface area contributed by atoms with E-state index in [1.807, 2.05) is 18.2 Å². The van der Waals surface area contributed by atoms with E-state index in [1.54, 1.807) is 38.4 Å². The molecule has 2 aromatic rings. The first-order chi connectivity index (χ1) is 9.63. The molecular formula is C16H17FN2O. The van der Waals surface area contributed by atoms with E-state index in [9.17, 15) is 9.18 Å². The van der Waals surface area contributed by atoms with E-state index in [0.29, 0.717) is 11.1 Å². The Balaban J connectivity index is 2.19. The first-order valence-corrected chi connectivity index (χ1v) is 6.39. The Morgan fingerprint density at radius 1 is 1.15 bits per heavy atom. The van der Waals surface area contributed by atoms with Crippen LogP contribution in [0.3, 0.4) is 0 Å². The molecule has 20 heavy (non-hydrogen) atoms. The number of carbonyl (C=O) groups is 1. The topological polar surface area (TPSA) is 32.3 Å². The highest BCUT2D eigenvalue weighted by atomic mass is 19.1. The van der Waals surface area contributed by atoms with Crippen molar-refractivity contribution in [1.82, 2.24) is 4.90 Å². The fraction of sp³-hybridized carbons (Fsp3) is 0.188. The van der Waals surface area contributed by atoms with Gasteiger partial charge in [-0.3, -0.25) is 4.79 Å². The van der Waals surface area contributed by atoms with Crippen molar-refractivity contribution in [1.29, 1.82) is 0 Å². The molecule has 0 bridgehead atoms. The van der Waals surface area contributed by atoms with Crippen LogP contribution in [0.5, 0.6) is 0 Å². The van der Waals surface area contributed by atoms with Crippen LogP contribution >= 0.6 is 0 Å². The predicted octanol–water partition coefficient (Wildman–Crippen LogP) is 3.14. The third kappa shape index (κ3) is 2.96. The fourth-order valence-corrected chi connectivity index (χ4v) is 2.05. The number of hydrogen-bond donors (Lipinski definition) is 1. The van der Waals surface area contributed by atoms with Crippen LogP contribution in [0.2, 0.25) is 0 Å². The second kappa shape index (κ2) is 6.19. The van der Waals surface area contributed by atoms with Crippen molar-refractivity contribution in [2.24, 2.45) is 0 Å². The van der Waals surface area contributed by atoms with Crippen molar-refractivity contribution < 1.29 is 9.18 Å². The quantitative estimate of drug-likeness (QED) is 0.927. The highest BCUT2D eigenvalue weighted by molar-refractivity contribution is 5.99. The lowest BCUT2D eigenvalue weighted by atomic mass is 10.1. The number of para-hydroxylation sites is 1. The van der Waals surface area contributed by atoms with Crippen LogP contribution in [-0.2, 0) is 6.54 Å². The van der Waals surface area contributed by atoms with Gasteiger partial charge in [-0.15, -0.1) is 0 Å². The highest BCUT2D eigenvalue weighted by Gasteiger charge is 2.16. The summed E-state index contributed by atoms with van der Waals surface area (Å²) in [6.07, 6.45) is 0. The predicted molar refractivity (Wildman–Crippen MR) is 78.2 cm³/mol. The van der Waals surface area contributed by atoms with Crippen molar-refractivity contribution in [3.8, 4) is 0 Å². The summed E-state index contributed by atoms with van der Waals surface area (Å²) >= 11 is 0. The van der Waals surface area contributed by atoms with Crippen LogP contribution in [0.25, 0.3) is 0 Å². The summed E-state index contributed by atoms with van der Waals surface area (Å²) in [5.74, 6) is -0.438. The number of amides is 1. The Hall–Kier alpha value is -2.36. The maximum atomic E-state index is 13.6. The molecule has 104 valence electrons. The number of nitrogens with one attached hydrogen (secondary N) is 1. The van der Waals surface area contributed by atoms with Crippen molar-refractivity contribution in [3.63, 3.8) is 0 Å². The molecule has 0 saturated heterocycles. The van der Waals surface area contributed by atoms with Gasteiger partial charge in [-0.1, -0.05) is 30.3 Å². The Morgan fingerprint density at radius 2 is 1.80 bits per heavy atom. The van der Waals surface area contributed by atoms with E-state index in [0.717, 1.165) is 5.69 Å². The standard InChI is InChI=1S/C16H17FN2O/c1-18-15-10-6-4-8-13(15)16(20)19(2)11-12-7-3-5-9-14(12)17/h3-10,18H,11H2,1-2H3. The van der Waals surface area contributed by atoms with Gasteiger partial charge in [0.1, 0.15) is 5.82 Å². The molecule has 0 aliphatic heterocycles. The van der Waals surface area contributed by atoms with E-state index in [4.69, 9.17) is 0 Å². The lowest BCUT2D eigenvalue weighted by Crippen LogP contribution is -2.27. The van der Waals surface area contributed by atoms with Gasteiger partial charge < -0.3 is 10.2 Å². The van der Waals surface area contributed by atoms with Gasteiger partial charge in [-0.2, -0.15) is 0 Å². The molecule has 0 heterocycles. The Morgan fingerprint density at radius 3 is 2.50 bits per heavy atom. The molecular weight excluding hydrogens is 255 g/mol. The van der Waals surface area contributed by atoms with Crippen molar-refractivity contribution in [2.45, 2.75) is 6.54 Å². The average molecular weight is 272 g/mol. The molecule has 0 spiro atoms. The van der Waals surface area contributed by atoms with Gasteiger partial charge in [0.15, 0.2) is 0 Å². The molecule has 0 atom stereocenters. The smallest absolute Gasteiger partial charge is 0.255 e. The van der Waals surface area contributed by atoms with Crippen molar-refractivity contribution in [3.05, 3.63) is 65.5 Å². The lowest BCUT2D eigenvalue weighted by Gasteiger charge is -2.19. The van der Waals surface area contributed by atoms with Crippen molar-refractivity contribution >= 4 is 11.6 Å². The third-order valence-corrected chi connectivity index (χ3v) is 3.14. The summed E-state index contributed by atoms with van der Waals surface area (Å²) in [4.78, 5) is 13.9. The maximum Gasteiger partial charge on any atom is 0.255 e. The molecule has 4 heteroatoms. The number of halogens is 1. The first-order valence-electron chi connectivity index (χ1n) is 6.39. The Labute approximate surface area is 118 Å². The molecule has 2 aromatic carbocycles. The Bertz CT molecular complexity index is 613. The zero-order valence-electron chi connectivity index (χ0n) is 11.6. The van der Waals surface area contributed by atoms with Gasteiger partial charge in [0, 0.05) is 31.9 Å². The number of rotatable bonds is 4. The Kier molecular flexibility index (Phi) is 4.35. The number of benzene rings is 2. The summed E-state index contributed by atoms with van der Waals surface area (Å²) in [6, 6.07) is 13.7. The summed E-state index contributed by atoms with van der Waals surface area (Å²) in [5.41, 5.74) is 1.84. The van der Waals surface area contributed by atoms with Gasteiger partial charge in [0.25, 0.3) is 5.91 Å².